The molecule has 0 saturated carbocycles. The van der Waals surface area contributed by atoms with Gasteiger partial charge in [-0.05, 0) is 25.1 Å². The molecule has 98 valence electrons. The lowest BCUT2D eigenvalue weighted by Crippen LogP contribution is -2.07. The number of aromatic nitrogens is 2. The molecule has 1 heterocycles. The predicted molar refractivity (Wildman–Crippen MR) is 64.4 cm³/mol. The standard InChI is InChI=1S/C13H11FN2O3/c1-8(11-7-15-4-5-16-11)19-12-3-2-9(13(17)18)6-10(12)14/h2-8H,1H3,(H,17,18). The first-order chi connectivity index (χ1) is 9.08. The van der Waals surface area contributed by atoms with Crippen LogP contribution < -0.4 is 4.74 Å². The van der Waals surface area contributed by atoms with Crippen LogP contribution >= 0.6 is 0 Å². The fraction of sp³-hybridized carbons (Fsp3) is 0.154. The molecule has 0 aliphatic rings. The highest BCUT2D eigenvalue weighted by molar-refractivity contribution is 5.87. The Balaban J connectivity index is 2.18. The van der Waals surface area contributed by atoms with E-state index in [0.717, 1.165) is 6.07 Å². The van der Waals surface area contributed by atoms with Crippen LogP contribution in [0.3, 0.4) is 0 Å². The number of carboxylic acids is 1. The summed E-state index contributed by atoms with van der Waals surface area (Å²) in [6, 6.07) is 3.48. The number of hydrogen-bond acceptors (Lipinski definition) is 4. The second kappa shape index (κ2) is 5.43. The largest absolute Gasteiger partial charge is 0.481 e. The number of rotatable bonds is 4. The lowest BCUT2D eigenvalue weighted by molar-refractivity contribution is 0.0696. The first-order valence-electron chi connectivity index (χ1n) is 5.53. The highest BCUT2D eigenvalue weighted by atomic mass is 19.1. The van der Waals surface area contributed by atoms with E-state index >= 15 is 0 Å². The molecule has 2 rings (SSSR count). The number of halogens is 1. The maximum Gasteiger partial charge on any atom is 0.335 e. The molecule has 6 heteroatoms. The number of hydrogen-bond donors (Lipinski definition) is 1. The fourth-order valence-corrected chi connectivity index (χ4v) is 1.50. The summed E-state index contributed by atoms with van der Waals surface area (Å²) in [7, 11) is 0. The fourth-order valence-electron chi connectivity index (χ4n) is 1.50. The van der Waals surface area contributed by atoms with Gasteiger partial charge in [0.15, 0.2) is 11.6 Å². The van der Waals surface area contributed by atoms with E-state index in [1.54, 1.807) is 6.92 Å². The Labute approximate surface area is 108 Å². The van der Waals surface area contributed by atoms with Crippen molar-refractivity contribution in [1.29, 1.82) is 0 Å². The molecule has 1 atom stereocenters. The summed E-state index contributed by atoms with van der Waals surface area (Å²) < 4.78 is 19.1. The van der Waals surface area contributed by atoms with Crippen molar-refractivity contribution < 1.29 is 19.0 Å². The van der Waals surface area contributed by atoms with E-state index in [1.165, 1.54) is 30.7 Å². The highest BCUT2D eigenvalue weighted by Gasteiger charge is 2.14. The predicted octanol–water partition coefficient (Wildman–Crippen LogP) is 2.45. The van der Waals surface area contributed by atoms with Gasteiger partial charge >= 0.3 is 5.97 Å². The number of carboxylic acid groups (broad SMARTS) is 1. The molecule has 0 fully saturated rings. The van der Waals surface area contributed by atoms with Crippen LogP contribution in [0.5, 0.6) is 5.75 Å². The van der Waals surface area contributed by atoms with Gasteiger partial charge in [0, 0.05) is 12.4 Å². The van der Waals surface area contributed by atoms with E-state index in [1.807, 2.05) is 0 Å². The normalized spacial score (nSPS) is 11.9. The molecule has 0 spiro atoms. The summed E-state index contributed by atoms with van der Waals surface area (Å²) in [5.41, 5.74) is 0.432. The van der Waals surface area contributed by atoms with E-state index in [-0.39, 0.29) is 11.3 Å². The number of nitrogens with zero attached hydrogens (tertiary/aromatic N) is 2. The summed E-state index contributed by atoms with van der Waals surface area (Å²) in [4.78, 5) is 18.6. The molecule has 1 aromatic carbocycles. The second-order valence-electron chi connectivity index (χ2n) is 3.84. The van der Waals surface area contributed by atoms with Crippen molar-refractivity contribution in [2.75, 3.05) is 0 Å². The van der Waals surface area contributed by atoms with Gasteiger partial charge in [0.25, 0.3) is 0 Å². The van der Waals surface area contributed by atoms with Crippen LogP contribution in [-0.2, 0) is 0 Å². The molecule has 19 heavy (non-hydrogen) atoms. The first-order valence-corrected chi connectivity index (χ1v) is 5.53. The molecule has 1 N–H and O–H groups in total. The van der Waals surface area contributed by atoms with Gasteiger partial charge in [-0.2, -0.15) is 0 Å². The van der Waals surface area contributed by atoms with E-state index < -0.39 is 17.9 Å². The van der Waals surface area contributed by atoms with Crippen molar-refractivity contribution in [2.24, 2.45) is 0 Å². The maximum atomic E-state index is 13.7. The first kappa shape index (κ1) is 12.9. The topological polar surface area (TPSA) is 72.3 Å². The summed E-state index contributed by atoms with van der Waals surface area (Å²) in [6.07, 6.45) is 4.07. The van der Waals surface area contributed by atoms with E-state index in [0.29, 0.717) is 5.69 Å². The minimum absolute atomic E-state index is 0.0249. The average molecular weight is 262 g/mol. The summed E-state index contributed by atoms with van der Waals surface area (Å²) in [5, 5.41) is 8.73. The van der Waals surface area contributed by atoms with Crippen molar-refractivity contribution in [3.63, 3.8) is 0 Å². The molecule has 0 aliphatic carbocycles. The summed E-state index contributed by atoms with van der Waals surface area (Å²) >= 11 is 0. The molecule has 0 bridgehead atoms. The monoisotopic (exact) mass is 262 g/mol. The van der Waals surface area contributed by atoms with Crippen molar-refractivity contribution in [3.05, 3.63) is 53.9 Å². The van der Waals surface area contributed by atoms with E-state index in [2.05, 4.69) is 9.97 Å². The van der Waals surface area contributed by atoms with Crippen LogP contribution in [0.4, 0.5) is 4.39 Å². The van der Waals surface area contributed by atoms with E-state index in [4.69, 9.17) is 9.84 Å². The van der Waals surface area contributed by atoms with Gasteiger partial charge in [-0.1, -0.05) is 0 Å². The number of ether oxygens (including phenoxy) is 1. The third-order valence-electron chi connectivity index (χ3n) is 2.48. The van der Waals surface area contributed by atoms with Gasteiger partial charge in [-0.25, -0.2) is 9.18 Å². The van der Waals surface area contributed by atoms with Gasteiger partial charge in [0.2, 0.25) is 0 Å². The quantitative estimate of drug-likeness (QED) is 0.916. The van der Waals surface area contributed by atoms with E-state index in [9.17, 15) is 9.18 Å². The van der Waals surface area contributed by atoms with Crippen LogP contribution in [0.1, 0.15) is 29.1 Å². The van der Waals surface area contributed by atoms with Crippen LogP contribution in [0.2, 0.25) is 0 Å². The van der Waals surface area contributed by atoms with Gasteiger partial charge in [-0.15, -0.1) is 0 Å². The van der Waals surface area contributed by atoms with Gasteiger partial charge in [0.05, 0.1) is 17.5 Å². The molecular formula is C13H11FN2O3. The Morgan fingerprint density at radius 2 is 2.21 bits per heavy atom. The molecule has 0 radical (unpaired) electrons. The SMILES string of the molecule is CC(Oc1ccc(C(=O)O)cc1F)c1cnccn1. The molecule has 1 aromatic heterocycles. The zero-order valence-electron chi connectivity index (χ0n) is 10.1. The smallest absolute Gasteiger partial charge is 0.335 e. The Morgan fingerprint density at radius 3 is 2.79 bits per heavy atom. The molecular weight excluding hydrogens is 251 g/mol. The Bertz CT molecular complexity index is 590. The zero-order chi connectivity index (χ0) is 13.8. The lowest BCUT2D eigenvalue weighted by atomic mass is 10.2. The average Bonchev–Trinajstić information content (AvgIpc) is 2.41. The minimum Gasteiger partial charge on any atom is -0.481 e. The van der Waals surface area contributed by atoms with Crippen molar-refractivity contribution in [1.82, 2.24) is 9.97 Å². The number of carbonyl (C=O) groups is 1. The summed E-state index contributed by atoms with van der Waals surface area (Å²) in [6.45, 7) is 1.70. The van der Waals surface area contributed by atoms with Crippen LogP contribution in [0, 0.1) is 5.82 Å². The van der Waals surface area contributed by atoms with Crippen molar-refractivity contribution in [2.45, 2.75) is 13.0 Å². The second-order valence-corrected chi connectivity index (χ2v) is 3.84. The minimum atomic E-state index is -1.19. The Kier molecular flexibility index (Phi) is 3.70. The van der Waals surface area contributed by atoms with Gasteiger partial charge in [0.1, 0.15) is 6.10 Å². The molecule has 0 amide bonds. The molecule has 2 aromatic rings. The van der Waals surface area contributed by atoms with Crippen LogP contribution in [-0.4, -0.2) is 21.0 Å². The molecule has 0 saturated heterocycles. The third-order valence-corrected chi connectivity index (χ3v) is 2.48. The lowest BCUT2D eigenvalue weighted by Gasteiger charge is -2.14. The molecule has 5 nitrogen and oxygen atoms in total. The van der Waals surface area contributed by atoms with Crippen LogP contribution in [0.25, 0.3) is 0 Å². The van der Waals surface area contributed by atoms with Gasteiger partial charge < -0.3 is 9.84 Å². The maximum absolute atomic E-state index is 13.7. The number of benzene rings is 1. The Morgan fingerprint density at radius 1 is 1.42 bits per heavy atom. The summed E-state index contributed by atoms with van der Waals surface area (Å²) in [5.74, 6) is -1.94. The third kappa shape index (κ3) is 3.04. The van der Waals surface area contributed by atoms with Crippen molar-refractivity contribution >= 4 is 5.97 Å². The zero-order valence-corrected chi connectivity index (χ0v) is 10.1. The highest BCUT2D eigenvalue weighted by Crippen LogP contribution is 2.24. The van der Waals surface area contributed by atoms with Gasteiger partial charge in [-0.3, -0.25) is 9.97 Å². The van der Waals surface area contributed by atoms with Crippen molar-refractivity contribution in [3.8, 4) is 5.75 Å². The molecule has 1 unspecified atom stereocenters. The molecule has 0 aliphatic heterocycles. The number of aromatic carboxylic acids is 1. The Hall–Kier alpha value is -2.50. The van der Waals surface area contributed by atoms with Crippen LogP contribution in [0.15, 0.2) is 36.8 Å².